The number of likely N-dealkylation sites (tertiary alicyclic amines) is 1. The van der Waals surface area contributed by atoms with Gasteiger partial charge in [-0.1, -0.05) is 42.5 Å². The fraction of sp³-hybridized carbons (Fsp3) is 0.440. The first-order valence-corrected chi connectivity index (χ1v) is 10.9. The molecule has 1 heterocycles. The molecule has 0 aromatic heterocycles. The molecule has 32 heavy (non-hydrogen) atoms. The van der Waals surface area contributed by atoms with Crippen molar-refractivity contribution in [3.05, 3.63) is 65.2 Å². The van der Waals surface area contributed by atoms with E-state index in [-0.39, 0.29) is 35.5 Å². The van der Waals surface area contributed by atoms with Crippen molar-refractivity contribution in [1.82, 2.24) is 15.5 Å². The van der Waals surface area contributed by atoms with Crippen molar-refractivity contribution in [3.63, 3.8) is 0 Å². The van der Waals surface area contributed by atoms with E-state index in [1.807, 2.05) is 56.0 Å². The standard InChI is InChI=1S/C25H34N4O2.HI/c1-25(2,3)31-22-13-8-7-11-20(22)17-28-24(26-4)27-16-19-10-5-6-12-21(19)18-29-15-9-14-23(29)30;/h5-8,10-13H,9,14-18H2,1-4H3,(H2,26,27,28);1H. The van der Waals surface area contributed by atoms with Gasteiger partial charge in [0.1, 0.15) is 11.4 Å². The number of amides is 1. The summed E-state index contributed by atoms with van der Waals surface area (Å²) in [6.45, 7) is 8.90. The van der Waals surface area contributed by atoms with Crippen LogP contribution in [-0.2, 0) is 24.4 Å². The first kappa shape index (κ1) is 26.0. The Bertz CT molecular complexity index is 924. The zero-order valence-corrected chi connectivity index (χ0v) is 21.8. The number of nitrogens with zero attached hydrogens (tertiary/aromatic N) is 2. The van der Waals surface area contributed by atoms with E-state index in [4.69, 9.17) is 4.74 Å². The van der Waals surface area contributed by atoms with Crippen LogP contribution < -0.4 is 15.4 Å². The summed E-state index contributed by atoms with van der Waals surface area (Å²) < 4.78 is 6.08. The molecule has 174 valence electrons. The molecule has 1 saturated heterocycles. The third kappa shape index (κ3) is 7.69. The van der Waals surface area contributed by atoms with Crippen LogP contribution in [0.2, 0.25) is 0 Å². The topological polar surface area (TPSA) is 66.0 Å². The van der Waals surface area contributed by atoms with Crippen molar-refractivity contribution in [2.75, 3.05) is 13.6 Å². The van der Waals surface area contributed by atoms with Crippen LogP contribution in [0.25, 0.3) is 0 Å². The summed E-state index contributed by atoms with van der Waals surface area (Å²) in [5.41, 5.74) is 3.16. The van der Waals surface area contributed by atoms with Crippen LogP contribution in [-0.4, -0.2) is 36.0 Å². The Morgan fingerprint density at radius 3 is 2.19 bits per heavy atom. The highest BCUT2D eigenvalue weighted by Crippen LogP contribution is 2.23. The van der Waals surface area contributed by atoms with Gasteiger partial charge in [0, 0.05) is 45.2 Å². The van der Waals surface area contributed by atoms with Crippen LogP contribution in [0.3, 0.4) is 0 Å². The number of benzene rings is 2. The number of aliphatic imine (C=N–C) groups is 1. The van der Waals surface area contributed by atoms with Gasteiger partial charge < -0.3 is 20.3 Å². The monoisotopic (exact) mass is 550 g/mol. The summed E-state index contributed by atoms with van der Waals surface area (Å²) in [5, 5.41) is 6.77. The first-order valence-electron chi connectivity index (χ1n) is 10.9. The molecule has 2 aromatic carbocycles. The van der Waals surface area contributed by atoms with Crippen molar-refractivity contribution >= 4 is 35.8 Å². The summed E-state index contributed by atoms with van der Waals surface area (Å²) >= 11 is 0. The second-order valence-electron chi connectivity index (χ2n) is 8.79. The van der Waals surface area contributed by atoms with Crippen molar-refractivity contribution in [2.24, 2.45) is 4.99 Å². The maximum absolute atomic E-state index is 12.0. The Hall–Kier alpha value is -2.29. The number of nitrogens with one attached hydrogen (secondary N) is 2. The molecule has 3 rings (SSSR count). The van der Waals surface area contributed by atoms with Gasteiger partial charge >= 0.3 is 0 Å². The number of carbonyl (C=O) groups excluding carboxylic acids is 1. The van der Waals surface area contributed by atoms with Crippen LogP contribution in [0.15, 0.2) is 53.5 Å². The number of para-hydroxylation sites is 1. The molecule has 6 nitrogen and oxygen atoms in total. The lowest BCUT2D eigenvalue weighted by Gasteiger charge is -2.23. The Morgan fingerprint density at radius 2 is 1.59 bits per heavy atom. The number of ether oxygens (including phenoxy) is 1. The maximum Gasteiger partial charge on any atom is 0.222 e. The van der Waals surface area contributed by atoms with E-state index in [1.165, 1.54) is 11.1 Å². The lowest BCUT2D eigenvalue weighted by molar-refractivity contribution is -0.128. The minimum Gasteiger partial charge on any atom is -0.488 e. The van der Waals surface area contributed by atoms with Gasteiger partial charge in [0.25, 0.3) is 0 Å². The summed E-state index contributed by atoms with van der Waals surface area (Å²) in [6.07, 6.45) is 1.62. The summed E-state index contributed by atoms with van der Waals surface area (Å²) in [4.78, 5) is 18.3. The molecule has 0 aliphatic carbocycles. The summed E-state index contributed by atoms with van der Waals surface area (Å²) in [7, 11) is 1.77. The number of rotatable bonds is 7. The largest absolute Gasteiger partial charge is 0.488 e. The normalized spacial score (nSPS) is 14.2. The molecule has 1 amide bonds. The SMILES string of the molecule is CN=C(NCc1ccccc1CN1CCCC1=O)NCc1ccccc1OC(C)(C)C.I. The van der Waals surface area contributed by atoms with Crippen molar-refractivity contribution in [1.29, 1.82) is 0 Å². The Balaban J connectivity index is 0.00000363. The van der Waals surface area contributed by atoms with Gasteiger partial charge in [-0.2, -0.15) is 0 Å². The molecule has 7 heteroatoms. The Kier molecular flexibility index (Phi) is 9.81. The molecule has 2 N–H and O–H groups in total. The van der Waals surface area contributed by atoms with Crippen LogP contribution in [0.4, 0.5) is 0 Å². The third-order valence-electron chi connectivity index (χ3n) is 5.16. The van der Waals surface area contributed by atoms with Gasteiger partial charge in [-0.05, 0) is 44.4 Å². The van der Waals surface area contributed by atoms with Gasteiger partial charge in [0.05, 0.1) is 0 Å². The molecular weight excluding hydrogens is 515 g/mol. The lowest BCUT2D eigenvalue weighted by atomic mass is 10.1. The fourth-order valence-corrected chi connectivity index (χ4v) is 3.62. The van der Waals surface area contributed by atoms with E-state index >= 15 is 0 Å². The average molecular weight is 550 g/mol. The number of carbonyl (C=O) groups is 1. The van der Waals surface area contributed by atoms with Crippen molar-refractivity contribution in [3.8, 4) is 5.75 Å². The maximum atomic E-state index is 12.0. The van der Waals surface area contributed by atoms with Crippen LogP contribution in [0, 0.1) is 0 Å². The number of halogens is 1. The first-order chi connectivity index (χ1) is 14.9. The average Bonchev–Trinajstić information content (AvgIpc) is 3.13. The van der Waals surface area contributed by atoms with Gasteiger partial charge in [0.15, 0.2) is 5.96 Å². The van der Waals surface area contributed by atoms with Gasteiger partial charge in [-0.25, -0.2) is 0 Å². The molecule has 0 radical (unpaired) electrons. The van der Waals surface area contributed by atoms with Crippen LogP contribution in [0.5, 0.6) is 5.75 Å². The predicted molar refractivity (Wildman–Crippen MR) is 140 cm³/mol. The van der Waals surface area contributed by atoms with E-state index in [0.717, 1.165) is 30.2 Å². The van der Waals surface area contributed by atoms with E-state index in [2.05, 4.69) is 33.8 Å². The van der Waals surface area contributed by atoms with Crippen molar-refractivity contribution in [2.45, 2.75) is 58.8 Å². The number of guanidine groups is 1. The highest BCUT2D eigenvalue weighted by Gasteiger charge is 2.21. The van der Waals surface area contributed by atoms with Crippen molar-refractivity contribution < 1.29 is 9.53 Å². The number of hydrogen-bond acceptors (Lipinski definition) is 3. The third-order valence-corrected chi connectivity index (χ3v) is 5.16. The van der Waals surface area contributed by atoms with Gasteiger partial charge in [0.2, 0.25) is 5.91 Å². The zero-order valence-electron chi connectivity index (χ0n) is 19.5. The Morgan fingerprint density at radius 1 is 1.00 bits per heavy atom. The smallest absolute Gasteiger partial charge is 0.222 e. The minimum atomic E-state index is -0.254. The second kappa shape index (κ2) is 12.1. The van der Waals surface area contributed by atoms with E-state index in [1.54, 1.807) is 7.05 Å². The number of hydrogen-bond donors (Lipinski definition) is 2. The molecule has 1 aliphatic heterocycles. The van der Waals surface area contributed by atoms with E-state index < -0.39 is 0 Å². The van der Waals surface area contributed by atoms with Gasteiger partial charge in [-0.3, -0.25) is 9.79 Å². The Labute approximate surface area is 208 Å². The molecule has 1 aliphatic rings. The second-order valence-corrected chi connectivity index (χ2v) is 8.79. The highest BCUT2D eigenvalue weighted by atomic mass is 127. The molecular formula is C25H35IN4O2. The summed E-state index contributed by atoms with van der Waals surface area (Å²) in [6, 6.07) is 16.3. The quantitative estimate of drug-likeness (QED) is 0.304. The highest BCUT2D eigenvalue weighted by molar-refractivity contribution is 14.0. The predicted octanol–water partition coefficient (Wildman–Crippen LogP) is 4.47. The molecule has 0 atom stereocenters. The fourth-order valence-electron chi connectivity index (χ4n) is 3.62. The molecule has 0 saturated carbocycles. The lowest BCUT2D eigenvalue weighted by Crippen LogP contribution is -2.37. The minimum absolute atomic E-state index is 0. The molecule has 0 spiro atoms. The zero-order chi connectivity index (χ0) is 22.3. The molecule has 0 unspecified atom stereocenters. The summed E-state index contributed by atoms with van der Waals surface area (Å²) in [5.74, 6) is 1.84. The van der Waals surface area contributed by atoms with E-state index in [0.29, 0.717) is 26.1 Å². The molecule has 2 aromatic rings. The molecule has 1 fully saturated rings. The van der Waals surface area contributed by atoms with Gasteiger partial charge in [-0.15, -0.1) is 24.0 Å². The molecule has 0 bridgehead atoms. The van der Waals surface area contributed by atoms with E-state index in [9.17, 15) is 4.79 Å². The van der Waals surface area contributed by atoms with Crippen LogP contribution >= 0.6 is 24.0 Å². The van der Waals surface area contributed by atoms with Crippen LogP contribution in [0.1, 0.15) is 50.3 Å².